The number of halogens is 5. The standard InChI is InChI=1S/C13H21F3N4O.2ClH/c14-13(15,16)11-20-10-12(9-18-20)8-17-2-1-3-19-4-6-21-7-5-19;;/h9-10,17H,1-8,11H2;2*1H. The van der Waals surface area contributed by atoms with Crippen LogP contribution >= 0.6 is 24.8 Å². The highest BCUT2D eigenvalue weighted by Crippen LogP contribution is 2.17. The maximum atomic E-state index is 12.2. The number of hydrogen-bond donors (Lipinski definition) is 1. The number of hydrogen-bond acceptors (Lipinski definition) is 4. The van der Waals surface area contributed by atoms with Gasteiger partial charge in [-0.15, -0.1) is 24.8 Å². The van der Waals surface area contributed by atoms with E-state index in [1.54, 1.807) is 0 Å². The first-order chi connectivity index (χ1) is 10.0. The molecule has 1 aromatic heterocycles. The van der Waals surface area contributed by atoms with Crippen LogP contribution in [-0.4, -0.2) is 60.2 Å². The SMILES string of the molecule is Cl.Cl.FC(F)(F)Cn1cc(CNCCCN2CCOCC2)cn1. The highest BCUT2D eigenvalue weighted by Gasteiger charge is 2.28. The molecule has 1 aromatic rings. The predicted molar refractivity (Wildman–Crippen MR) is 86.4 cm³/mol. The highest BCUT2D eigenvalue weighted by atomic mass is 35.5. The number of ether oxygens (including phenoxy) is 1. The Balaban J connectivity index is 0.00000242. The van der Waals surface area contributed by atoms with Gasteiger partial charge in [-0.1, -0.05) is 0 Å². The van der Waals surface area contributed by atoms with E-state index in [0.717, 1.165) is 56.1 Å². The van der Waals surface area contributed by atoms with Gasteiger partial charge in [0.1, 0.15) is 6.54 Å². The van der Waals surface area contributed by atoms with E-state index in [1.807, 2.05) is 0 Å². The molecule has 0 atom stereocenters. The average molecular weight is 379 g/mol. The summed E-state index contributed by atoms with van der Waals surface area (Å²) in [6.07, 6.45) is -0.311. The third-order valence-corrected chi connectivity index (χ3v) is 3.29. The number of nitrogens with zero attached hydrogens (tertiary/aromatic N) is 3. The summed E-state index contributed by atoms with van der Waals surface area (Å²) < 4.78 is 42.8. The summed E-state index contributed by atoms with van der Waals surface area (Å²) in [5.74, 6) is 0. The fourth-order valence-electron chi connectivity index (χ4n) is 2.25. The predicted octanol–water partition coefficient (Wildman–Crippen LogP) is 2.10. The molecule has 0 bridgehead atoms. The van der Waals surface area contributed by atoms with Crippen LogP contribution in [0.1, 0.15) is 12.0 Å². The summed E-state index contributed by atoms with van der Waals surface area (Å²) in [6, 6.07) is 0. The molecule has 0 radical (unpaired) electrons. The average Bonchev–Trinajstić information content (AvgIpc) is 2.85. The van der Waals surface area contributed by atoms with Crippen LogP contribution in [0.15, 0.2) is 12.4 Å². The number of nitrogens with one attached hydrogen (secondary N) is 1. The van der Waals surface area contributed by atoms with Crippen molar-refractivity contribution in [2.45, 2.75) is 25.7 Å². The monoisotopic (exact) mass is 378 g/mol. The Morgan fingerprint density at radius 3 is 2.57 bits per heavy atom. The maximum absolute atomic E-state index is 12.2. The fourth-order valence-corrected chi connectivity index (χ4v) is 2.25. The van der Waals surface area contributed by atoms with Gasteiger partial charge in [0.05, 0.1) is 19.4 Å². The van der Waals surface area contributed by atoms with Gasteiger partial charge < -0.3 is 10.1 Å². The Hall–Kier alpha value is -0.540. The normalized spacial score (nSPS) is 15.8. The van der Waals surface area contributed by atoms with Crippen LogP contribution < -0.4 is 5.32 Å². The highest BCUT2D eigenvalue weighted by molar-refractivity contribution is 5.85. The molecule has 1 aliphatic heterocycles. The van der Waals surface area contributed by atoms with E-state index >= 15 is 0 Å². The van der Waals surface area contributed by atoms with Crippen molar-refractivity contribution in [3.63, 3.8) is 0 Å². The number of morpholine rings is 1. The van der Waals surface area contributed by atoms with Crippen LogP contribution in [-0.2, 0) is 17.8 Å². The Morgan fingerprint density at radius 1 is 1.22 bits per heavy atom. The van der Waals surface area contributed by atoms with E-state index in [9.17, 15) is 13.2 Å². The molecule has 0 saturated carbocycles. The van der Waals surface area contributed by atoms with E-state index in [0.29, 0.717) is 6.54 Å². The summed E-state index contributed by atoms with van der Waals surface area (Å²) in [4.78, 5) is 2.35. The second-order valence-electron chi connectivity index (χ2n) is 5.15. The van der Waals surface area contributed by atoms with Crippen molar-refractivity contribution in [2.24, 2.45) is 0 Å². The molecular weight excluding hydrogens is 356 g/mol. The second kappa shape index (κ2) is 11.1. The van der Waals surface area contributed by atoms with Crippen LogP contribution in [0.2, 0.25) is 0 Å². The molecule has 1 saturated heterocycles. The molecule has 5 nitrogen and oxygen atoms in total. The van der Waals surface area contributed by atoms with Crippen LogP contribution in [0.5, 0.6) is 0 Å². The summed E-state index contributed by atoms with van der Waals surface area (Å²) in [7, 11) is 0. The first-order valence-corrected chi connectivity index (χ1v) is 7.12. The van der Waals surface area contributed by atoms with E-state index in [1.165, 1.54) is 12.4 Å². The smallest absolute Gasteiger partial charge is 0.379 e. The molecule has 1 N–H and O–H groups in total. The van der Waals surface area contributed by atoms with Crippen molar-refractivity contribution in [3.05, 3.63) is 18.0 Å². The molecule has 0 unspecified atom stereocenters. The Kier molecular flexibility index (Phi) is 10.8. The topological polar surface area (TPSA) is 42.3 Å². The van der Waals surface area contributed by atoms with Crippen molar-refractivity contribution in [1.29, 1.82) is 0 Å². The minimum Gasteiger partial charge on any atom is -0.379 e. The van der Waals surface area contributed by atoms with Gasteiger partial charge >= 0.3 is 6.18 Å². The fraction of sp³-hybridized carbons (Fsp3) is 0.769. The summed E-state index contributed by atoms with van der Waals surface area (Å²) in [5.41, 5.74) is 0.769. The summed E-state index contributed by atoms with van der Waals surface area (Å²) in [5, 5.41) is 6.93. The van der Waals surface area contributed by atoms with Crippen LogP contribution in [0.4, 0.5) is 13.2 Å². The van der Waals surface area contributed by atoms with Crippen molar-refractivity contribution in [3.8, 4) is 0 Å². The van der Waals surface area contributed by atoms with Crippen molar-refractivity contribution in [2.75, 3.05) is 39.4 Å². The van der Waals surface area contributed by atoms with Crippen LogP contribution in [0.3, 0.4) is 0 Å². The Morgan fingerprint density at radius 2 is 1.91 bits per heavy atom. The molecular formula is C13H23Cl2F3N4O. The molecule has 10 heteroatoms. The second-order valence-corrected chi connectivity index (χ2v) is 5.15. The lowest BCUT2D eigenvalue weighted by Gasteiger charge is -2.26. The van der Waals surface area contributed by atoms with Gasteiger partial charge in [0, 0.05) is 31.4 Å². The van der Waals surface area contributed by atoms with Gasteiger partial charge in [-0.05, 0) is 19.5 Å². The van der Waals surface area contributed by atoms with Gasteiger partial charge in [-0.25, -0.2) is 0 Å². The third kappa shape index (κ3) is 9.36. The minimum atomic E-state index is -4.23. The first-order valence-electron chi connectivity index (χ1n) is 7.12. The summed E-state index contributed by atoms with van der Waals surface area (Å²) >= 11 is 0. The number of alkyl halides is 3. The van der Waals surface area contributed by atoms with Gasteiger partial charge in [-0.3, -0.25) is 9.58 Å². The quantitative estimate of drug-likeness (QED) is 0.737. The Bertz CT molecular complexity index is 426. The zero-order chi connectivity index (χ0) is 15.1. The van der Waals surface area contributed by atoms with Crippen molar-refractivity contribution < 1.29 is 17.9 Å². The molecule has 0 amide bonds. The van der Waals surface area contributed by atoms with Crippen LogP contribution in [0.25, 0.3) is 0 Å². The van der Waals surface area contributed by atoms with Gasteiger partial charge in [0.15, 0.2) is 0 Å². The maximum Gasteiger partial charge on any atom is 0.408 e. The number of rotatable bonds is 7. The lowest BCUT2D eigenvalue weighted by Crippen LogP contribution is -2.37. The van der Waals surface area contributed by atoms with Gasteiger partial charge in [0.25, 0.3) is 0 Å². The number of aromatic nitrogens is 2. The molecule has 1 fully saturated rings. The zero-order valence-electron chi connectivity index (χ0n) is 12.7. The van der Waals surface area contributed by atoms with E-state index < -0.39 is 12.7 Å². The van der Waals surface area contributed by atoms with E-state index in [-0.39, 0.29) is 24.8 Å². The third-order valence-electron chi connectivity index (χ3n) is 3.29. The zero-order valence-corrected chi connectivity index (χ0v) is 14.4. The molecule has 1 aliphatic rings. The molecule has 2 rings (SSSR count). The van der Waals surface area contributed by atoms with E-state index in [2.05, 4.69) is 15.3 Å². The molecule has 2 heterocycles. The lowest BCUT2D eigenvalue weighted by atomic mass is 10.3. The van der Waals surface area contributed by atoms with Gasteiger partial charge in [-0.2, -0.15) is 18.3 Å². The van der Waals surface area contributed by atoms with Crippen molar-refractivity contribution in [1.82, 2.24) is 20.0 Å². The van der Waals surface area contributed by atoms with E-state index in [4.69, 9.17) is 4.74 Å². The van der Waals surface area contributed by atoms with Crippen LogP contribution in [0, 0.1) is 0 Å². The van der Waals surface area contributed by atoms with Gasteiger partial charge in [0.2, 0.25) is 0 Å². The Labute approximate surface area is 146 Å². The molecule has 0 aliphatic carbocycles. The molecule has 0 spiro atoms. The minimum absolute atomic E-state index is 0. The van der Waals surface area contributed by atoms with Crippen molar-refractivity contribution >= 4 is 24.8 Å². The lowest BCUT2D eigenvalue weighted by molar-refractivity contribution is -0.142. The molecule has 0 aromatic carbocycles. The summed E-state index contributed by atoms with van der Waals surface area (Å²) in [6.45, 7) is 4.91. The molecule has 136 valence electrons. The largest absolute Gasteiger partial charge is 0.408 e. The first kappa shape index (κ1) is 22.5. The molecule has 23 heavy (non-hydrogen) atoms.